The predicted octanol–water partition coefficient (Wildman–Crippen LogP) is 7.54. The van der Waals surface area contributed by atoms with E-state index in [1.165, 1.54) is 64.2 Å². The highest BCUT2D eigenvalue weighted by molar-refractivity contribution is 5.72. The molecule has 0 spiro atoms. The van der Waals surface area contributed by atoms with Gasteiger partial charge in [-0.25, -0.2) is 0 Å². The summed E-state index contributed by atoms with van der Waals surface area (Å²) in [7, 11) is 0. The maximum absolute atomic E-state index is 12.7. The summed E-state index contributed by atoms with van der Waals surface area (Å²) in [4.78, 5) is 15.0. The second-order valence-corrected chi connectivity index (χ2v) is 15.4. The van der Waals surface area contributed by atoms with Crippen LogP contribution in [0.25, 0.3) is 0 Å². The number of hydrogen-bond acceptors (Lipinski definition) is 4. The topological polar surface area (TPSA) is 49.8 Å². The molecule has 0 aromatic carbocycles. The van der Waals surface area contributed by atoms with Gasteiger partial charge in [-0.15, -0.1) is 0 Å². The highest BCUT2D eigenvalue weighted by atomic mass is 16.5. The van der Waals surface area contributed by atoms with Gasteiger partial charge in [0, 0.05) is 6.42 Å². The van der Waals surface area contributed by atoms with Gasteiger partial charge in [0.25, 0.3) is 0 Å². The van der Waals surface area contributed by atoms with Crippen LogP contribution in [-0.2, 0) is 9.53 Å². The van der Waals surface area contributed by atoms with Crippen molar-refractivity contribution in [2.45, 2.75) is 136 Å². The van der Waals surface area contributed by atoms with Crippen LogP contribution in [0.1, 0.15) is 125 Å². The van der Waals surface area contributed by atoms with Crippen molar-refractivity contribution in [3.8, 4) is 0 Å². The van der Waals surface area contributed by atoms with Gasteiger partial charge in [-0.3, -0.25) is 9.69 Å². The number of fused-ring (bicyclic) bond motifs is 5. The van der Waals surface area contributed by atoms with Crippen molar-refractivity contribution < 1.29 is 14.6 Å². The molecule has 0 aromatic rings. The van der Waals surface area contributed by atoms with Crippen molar-refractivity contribution in [3.63, 3.8) is 0 Å². The lowest BCUT2D eigenvalue weighted by molar-refractivity contribution is -0.153. The van der Waals surface area contributed by atoms with Gasteiger partial charge in [0.1, 0.15) is 6.10 Å². The molecule has 8 atom stereocenters. The number of likely N-dealkylation sites (tertiary alicyclic amines) is 1. The zero-order chi connectivity index (χ0) is 27.1. The molecule has 0 radical (unpaired) electrons. The first-order valence-electron chi connectivity index (χ1n) is 16.3. The van der Waals surface area contributed by atoms with E-state index in [0.29, 0.717) is 17.4 Å². The van der Waals surface area contributed by atoms with E-state index in [9.17, 15) is 9.90 Å². The van der Waals surface area contributed by atoms with Crippen molar-refractivity contribution in [1.82, 2.24) is 4.90 Å². The number of nitrogens with zero attached hydrogens (tertiary/aromatic N) is 1. The molecule has 4 nitrogen and oxygen atoms in total. The molecule has 0 aromatic heterocycles. The number of esters is 1. The third-order valence-electron chi connectivity index (χ3n) is 12.4. The zero-order valence-electron chi connectivity index (χ0n) is 25.3. The highest BCUT2D eigenvalue weighted by Crippen LogP contribution is 2.67. The number of ether oxygens (including phenoxy) is 1. The third-order valence-corrected chi connectivity index (χ3v) is 12.4. The van der Waals surface area contributed by atoms with E-state index in [-0.39, 0.29) is 12.1 Å². The number of hydrogen-bond donors (Lipinski definition) is 1. The number of carbonyl (C=O) groups excluding carboxylic acids is 1. The molecule has 1 unspecified atom stereocenters. The van der Waals surface area contributed by atoms with Crippen LogP contribution in [0.4, 0.5) is 0 Å². The van der Waals surface area contributed by atoms with Crippen molar-refractivity contribution >= 4 is 5.97 Å². The lowest BCUT2D eigenvalue weighted by Gasteiger charge is -2.58. The fraction of sp³-hybridized carbons (Fsp3) is 0.912. The normalized spacial score (nSPS) is 40.5. The average Bonchev–Trinajstić information content (AvgIpc) is 3.21. The Balaban J connectivity index is 1.20. The number of aliphatic hydroxyl groups is 1. The molecule has 216 valence electrons. The van der Waals surface area contributed by atoms with E-state index in [2.05, 4.69) is 31.7 Å². The van der Waals surface area contributed by atoms with Crippen LogP contribution in [0.3, 0.4) is 0 Å². The monoisotopic (exact) mass is 527 g/mol. The van der Waals surface area contributed by atoms with Crippen molar-refractivity contribution in [3.05, 3.63) is 11.6 Å². The van der Waals surface area contributed by atoms with Gasteiger partial charge in [0.15, 0.2) is 0 Å². The van der Waals surface area contributed by atoms with Crippen LogP contribution in [-0.4, -0.2) is 47.3 Å². The zero-order valence-corrected chi connectivity index (χ0v) is 25.3. The minimum absolute atomic E-state index is 0.00288. The Morgan fingerprint density at radius 1 is 1.11 bits per heavy atom. The summed E-state index contributed by atoms with van der Waals surface area (Å²) in [6, 6.07) is 0. The van der Waals surface area contributed by atoms with Gasteiger partial charge in [-0.05, 0) is 132 Å². The van der Waals surface area contributed by atoms with Gasteiger partial charge in [-0.2, -0.15) is 0 Å². The lowest BCUT2D eigenvalue weighted by atomic mass is 9.47. The van der Waals surface area contributed by atoms with Gasteiger partial charge in [0.05, 0.1) is 12.1 Å². The molecule has 1 heterocycles. The quantitative estimate of drug-likeness (QED) is 0.262. The first kappa shape index (κ1) is 28.7. The van der Waals surface area contributed by atoms with Crippen LogP contribution in [0.2, 0.25) is 0 Å². The molecule has 0 amide bonds. The van der Waals surface area contributed by atoms with Crippen molar-refractivity contribution in [2.75, 3.05) is 19.6 Å². The Labute approximate surface area is 233 Å². The molecule has 4 aliphatic carbocycles. The van der Waals surface area contributed by atoms with Gasteiger partial charge >= 0.3 is 5.97 Å². The minimum Gasteiger partial charge on any atom is -0.461 e. The van der Waals surface area contributed by atoms with E-state index >= 15 is 0 Å². The van der Waals surface area contributed by atoms with Gasteiger partial charge in [-0.1, -0.05) is 51.7 Å². The summed E-state index contributed by atoms with van der Waals surface area (Å²) in [6.07, 6.45) is 19.7. The highest BCUT2D eigenvalue weighted by Gasteiger charge is 2.59. The molecule has 4 fully saturated rings. The first-order valence-corrected chi connectivity index (χ1v) is 16.3. The van der Waals surface area contributed by atoms with Crippen molar-refractivity contribution in [2.24, 2.45) is 40.4 Å². The van der Waals surface area contributed by atoms with Crippen LogP contribution in [0, 0.1) is 40.4 Å². The molecule has 1 aliphatic heterocycles. The molecular weight excluding hydrogens is 470 g/mol. The third kappa shape index (κ3) is 5.78. The number of rotatable bonds is 8. The Morgan fingerprint density at radius 2 is 1.87 bits per heavy atom. The Morgan fingerprint density at radius 3 is 2.61 bits per heavy atom. The number of carbonyl (C=O) groups is 1. The van der Waals surface area contributed by atoms with E-state index in [4.69, 9.17) is 4.74 Å². The predicted molar refractivity (Wildman–Crippen MR) is 155 cm³/mol. The van der Waals surface area contributed by atoms with Crippen LogP contribution < -0.4 is 0 Å². The number of allylic oxidation sites excluding steroid dienone is 1. The smallest absolute Gasteiger partial charge is 0.320 e. The molecule has 5 aliphatic rings. The summed E-state index contributed by atoms with van der Waals surface area (Å²) in [6.45, 7) is 14.2. The molecule has 3 saturated carbocycles. The Kier molecular flexibility index (Phi) is 8.44. The standard InChI is InChI=1S/C34H57NO3/c1-24(10-9-17-32(2,3)37)28-13-14-29-27-12-11-25-22-26(38-31(36)23-35-20-7-6-8-21-35)15-18-33(25,4)30(27)16-19-34(28,29)5/h11,24,26-30,37H,6-10,12-23H2,1-5H3/t24-,26+,27+,28?,29+,30+,33+,34-/m1/s1. The van der Waals surface area contributed by atoms with Gasteiger partial charge in [0.2, 0.25) is 0 Å². The molecule has 0 bridgehead atoms. The van der Waals surface area contributed by atoms with Gasteiger partial charge < -0.3 is 9.84 Å². The average molecular weight is 528 g/mol. The van der Waals surface area contributed by atoms with Crippen LogP contribution >= 0.6 is 0 Å². The van der Waals surface area contributed by atoms with E-state index in [1.807, 2.05) is 13.8 Å². The fourth-order valence-corrected chi connectivity index (χ4v) is 10.3. The molecule has 1 N–H and O–H groups in total. The molecule has 38 heavy (non-hydrogen) atoms. The maximum atomic E-state index is 12.7. The van der Waals surface area contributed by atoms with Crippen LogP contribution in [0.15, 0.2) is 11.6 Å². The van der Waals surface area contributed by atoms with E-state index < -0.39 is 5.60 Å². The summed E-state index contributed by atoms with van der Waals surface area (Å²) in [5.41, 5.74) is 1.86. The second-order valence-electron chi connectivity index (χ2n) is 15.4. The van der Waals surface area contributed by atoms with E-state index in [1.54, 1.807) is 5.57 Å². The minimum atomic E-state index is -0.536. The molecule has 5 rings (SSSR count). The molecular formula is C34H57NO3. The van der Waals surface area contributed by atoms with E-state index in [0.717, 1.165) is 68.4 Å². The SMILES string of the molecule is C[C@H](CCCC(C)(C)O)C1CC[C@H]2[C@@H]3CC=C4C[C@@H](OC(=O)CN5CCCCC5)CC[C@]4(C)[C@H]3CC[C@]12C. The Bertz CT molecular complexity index is 869. The summed E-state index contributed by atoms with van der Waals surface area (Å²) >= 11 is 0. The number of piperidine rings is 1. The lowest BCUT2D eigenvalue weighted by Crippen LogP contribution is -2.51. The largest absolute Gasteiger partial charge is 0.461 e. The Hall–Kier alpha value is -0.870. The van der Waals surface area contributed by atoms with Crippen LogP contribution in [0.5, 0.6) is 0 Å². The molecule has 4 heteroatoms. The first-order chi connectivity index (χ1) is 18.0. The summed E-state index contributed by atoms with van der Waals surface area (Å²) in [5.74, 6) is 4.08. The summed E-state index contributed by atoms with van der Waals surface area (Å²) < 4.78 is 6.07. The summed E-state index contributed by atoms with van der Waals surface area (Å²) in [5, 5.41) is 10.2. The maximum Gasteiger partial charge on any atom is 0.320 e. The second kappa shape index (κ2) is 11.2. The fourth-order valence-electron chi connectivity index (χ4n) is 10.3. The van der Waals surface area contributed by atoms with Crippen molar-refractivity contribution in [1.29, 1.82) is 0 Å². The molecule has 1 saturated heterocycles.